The van der Waals surface area contributed by atoms with E-state index in [1.807, 2.05) is 24.3 Å². The smallest absolute Gasteiger partial charge is 0.167 e. The van der Waals surface area contributed by atoms with E-state index in [4.69, 9.17) is 9.63 Å². The molecule has 0 amide bonds. The fourth-order valence-corrected chi connectivity index (χ4v) is 2.86. The van der Waals surface area contributed by atoms with Crippen LogP contribution in [-0.2, 0) is 0 Å². The number of β-amino-alcohol motifs (C(OH)–C–C–N with tert-alkyl or cyclic N) is 1. The highest BCUT2D eigenvalue weighted by molar-refractivity contribution is 5.79. The van der Waals surface area contributed by atoms with E-state index in [0.29, 0.717) is 13.0 Å². The number of aromatic nitrogens is 1. The maximum Gasteiger partial charge on any atom is 0.167 e. The second-order valence-corrected chi connectivity index (χ2v) is 4.91. The minimum atomic E-state index is -1.01. The van der Waals surface area contributed by atoms with Gasteiger partial charge in [-0.15, -0.1) is 0 Å². The fraction of sp³-hybridized carbons (Fsp3) is 0.500. The van der Waals surface area contributed by atoms with Crippen LogP contribution in [0.15, 0.2) is 28.8 Å². The summed E-state index contributed by atoms with van der Waals surface area (Å²) in [4.78, 5) is 1.69. The van der Waals surface area contributed by atoms with E-state index in [0.717, 1.165) is 29.5 Å². The van der Waals surface area contributed by atoms with E-state index in [-0.39, 0.29) is 12.6 Å². The zero-order valence-corrected chi connectivity index (χ0v) is 10.6. The molecule has 1 aliphatic rings. The van der Waals surface area contributed by atoms with Gasteiger partial charge in [0.1, 0.15) is 5.69 Å². The van der Waals surface area contributed by atoms with Crippen LogP contribution in [0.4, 0.5) is 4.39 Å². The van der Waals surface area contributed by atoms with Gasteiger partial charge >= 0.3 is 0 Å². The SMILES string of the molecule is OCCN1C(F)CCCC1c1noc2ccccc12. The molecule has 102 valence electrons. The van der Waals surface area contributed by atoms with Crippen LogP contribution in [-0.4, -0.2) is 34.6 Å². The molecule has 1 N–H and O–H groups in total. The molecule has 1 saturated heterocycles. The van der Waals surface area contributed by atoms with Gasteiger partial charge in [-0.25, -0.2) is 4.39 Å². The van der Waals surface area contributed by atoms with Crippen molar-refractivity contribution >= 4 is 11.0 Å². The molecule has 2 unspecified atom stereocenters. The maximum absolute atomic E-state index is 14.0. The highest BCUT2D eigenvalue weighted by Gasteiger charge is 2.33. The molecule has 1 aliphatic heterocycles. The normalized spacial score (nSPS) is 24.9. The van der Waals surface area contributed by atoms with Crippen molar-refractivity contribution in [1.82, 2.24) is 10.1 Å². The van der Waals surface area contributed by atoms with Gasteiger partial charge in [0.15, 0.2) is 11.9 Å². The molecule has 1 fully saturated rings. The molecule has 0 aliphatic carbocycles. The van der Waals surface area contributed by atoms with E-state index in [9.17, 15) is 4.39 Å². The number of aliphatic hydroxyl groups excluding tert-OH is 1. The summed E-state index contributed by atoms with van der Waals surface area (Å²) in [5.74, 6) is 0. The predicted molar refractivity (Wildman–Crippen MR) is 69.3 cm³/mol. The average molecular weight is 264 g/mol. The second kappa shape index (κ2) is 5.27. The first-order valence-corrected chi connectivity index (χ1v) is 6.66. The number of hydrogen-bond donors (Lipinski definition) is 1. The van der Waals surface area contributed by atoms with Crippen molar-refractivity contribution in [2.45, 2.75) is 31.6 Å². The Morgan fingerprint density at radius 2 is 2.21 bits per heavy atom. The summed E-state index contributed by atoms with van der Waals surface area (Å²) in [6.45, 7) is 0.278. The molecular formula is C14H17FN2O2. The molecule has 4 nitrogen and oxygen atoms in total. The Morgan fingerprint density at radius 1 is 1.37 bits per heavy atom. The third kappa shape index (κ3) is 2.24. The lowest BCUT2D eigenvalue weighted by Gasteiger charge is -2.36. The molecule has 5 heteroatoms. The number of nitrogens with zero attached hydrogens (tertiary/aromatic N) is 2. The van der Waals surface area contributed by atoms with E-state index >= 15 is 0 Å². The van der Waals surface area contributed by atoms with Crippen LogP contribution in [0.1, 0.15) is 31.0 Å². The Kier molecular flexibility index (Phi) is 3.48. The Hall–Kier alpha value is -1.46. The van der Waals surface area contributed by atoms with Gasteiger partial charge in [-0.1, -0.05) is 17.3 Å². The topological polar surface area (TPSA) is 49.5 Å². The number of halogens is 1. The van der Waals surface area contributed by atoms with Crippen LogP contribution < -0.4 is 0 Å². The largest absolute Gasteiger partial charge is 0.395 e. The van der Waals surface area contributed by atoms with E-state index in [1.54, 1.807) is 4.90 Å². The van der Waals surface area contributed by atoms with Crippen molar-refractivity contribution in [2.75, 3.05) is 13.2 Å². The van der Waals surface area contributed by atoms with Crippen molar-refractivity contribution in [3.05, 3.63) is 30.0 Å². The number of aliphatic hydroxyl groups is 1. The number of piperidine rings is 1. The predicted octanol–water partition coefficient (Wildman–Crippen LogP) is 2.64. The number of benzene rings is 1. The van der Waals surface area contributed by atoms with Gasteiger partial charge in [0.2, 0.25) is 0 Å². The average Bonchev–Trinajstić information content (AvgIpc) is 2.85. The number of para-hydroxylation sites is 1. The molecule has 0 bridgehead atoms. The van der Waals surface area contributed by atoms with Crippen molar-refractivity contribution in [2.24, 2.45) is 0 Å². The van der Waals surface area contributed by atoms with Gasteiger partial charge < -0.3 is 9.63 Å². The van der Waals surface area contributed by atoms with Crippen LogP contribution >= 0.6 is 0 Å². The van der Waals surface area contributed by atoms with Gasteiger partial charge in [0, 0.05) is 11.9 Å². The molecule has 0 spiro atoms. The summed E-state index contributed by atoms with van der Waals surface area (Å²) in [5.41, 5.74) is 1.51. The van der Waals surface area contributed by atoms with Gasteiger partial charge in [0.05, 0.1) is 12.6 Å². The highest BCUT2D eigenvalue weighted by Crippen LogP contribution is 2.37. The Labute approximate surface area is 110 Å². The monoisotopic (exact) mass is 264 g/mol. The second-order valence-electron chi connectivity index (χ2n) is 4.91. The lowest BCUT2D eigenvalue weighted by atomic mass is 9.96. The summed E-state index contributed by atoms with van der Waals surface area (Å²) in [6, 6.07) is 7.51. The maximum atomic E-state index is 14.0. The minimum Gasteiger partial charge on any atom is -0.395 e. The van der Waals surface area contributed by atoms with Gasteiger partial charge in [0.25, 0.3) is 0 Å². The summed E-state index contributed by atoms with van der Waals surface area (Å²) in [6.07, 6.45) is 1.18. The third-order valence-corrected chi connectivity index (χ3v) is 3.76. The van der Waals surface area contributed by atoms with Crippen LogP contribution in [0.25, 0.3) is 11.0 Å². The molecule has 0 radical (unpaired) electrons. The fourth-order valence-electron chi connectivity index (χ4n) is 2.86. The molecule has 2 aromatic rings. The van der Waals surface area contributed by atoms with Gasteiger partial charge in [-0.3, -0.25) is 4.90 Å². The lowest BCUT2D eigenvalue weighted by Crippen LogP contribution is -2.41. The standard InChI is InChI=1S/C14H17FN2O2/c15-13-7-3-5-11(17(13)8-9-18)14-10-4-1-2-6-12(10)19-16-14/h1-2,4,6,11,13,18H,3,5,7-9H2. The number of alkyl halides is 1. The van der Waals surface area contributed by atoms with Gasteiger partial charge in [-0.2, -0.15) is 0 Å². The van der Waals surface area contributed by atoms with Gasteiger partial charge in [-0.05, 0) is 31.4 Å². The summed E-state index contributed by atoms with van der Waals surface area (Å²) >= 11 is 0. The van der Waals surface area contributed by atoms with Crippen molar-refractivity contribution < 1.29 is 14.0 Å². The van der Waals surface area contributed by atoms with Crippen molar-refractivity contribution in [3.8, 4) is 0 Å². The number of rotatable bonds is 3. The minimum absolute atomic E-state index is 0.0489. The molecule has 3 rings (SSSR count). The van der Waals surface area contributed by atoms with Crippen molar-refractivity contribution in [3.63, 3.8) is 0 Å². The van der Waals surface area contributed by atoms with Crippen LogP contribution in [0.3, 0.4) is 0 Å². The van der Waals surface area contributed by atoms with Crippen LogP contribution in [0, 0.1) is 0 Å². The first-order valence-electron chi connectivity index (χ1n) is 6.66. The van der Waals surface area contributed by atoms with Crippen LogP contribution in [0.5, 0.6) is 0 Å². The summed E-state index contributed by atoms with van der Waals surface area (Å²) in [5, 5.41) is 14.2. The number of hydrogen-bond acceptors (Lipinski definition) is 4. The summed E-state index contributed by atoms with van der Waals surface area (Å²) < 4.78 is 19.3. The van der Waals surface area contributed by atoms with Crippen molar-refractivity contribution in [1.29, 1.82) is 0 Å². The molecule has 2 heterocycles. The zero-order chi connectivity index (χ0) is 13.2. The molecule has 1 aromatic heterocycles. The van der Waals surface area contributed by atoms with E-state index < -0.39 is 6.30 Å². The lowest BCUT2D eigenvalue weighted by molar-refractivity contribution is -0.0115. The Bertz CT molecular complexity index is 557. The first-order chi connectivity index (χ1) is 9.31. The molecule has 19 heavy (non-hydrogen) atoms. The first kappa shape index (κ1) is 12.6. The molecule has 2 atom stereocenters. The zero-order valence-electron chi connectivity index (χ0n) is 10.6. The number of likely N-dealkylation sites (tertiary alicyclic amines) is 1. The highest BCUT2D eigenvalue weighted by atomic mass is 19.1. The number of fused-ring (bicyclic) bond motifs is 1. The summed E-state index contributed by atoms with van der Waals surface area (Å²) in [7, 11) is 0. The van der Waals surface area contributed by atoms with Crippen LogP contribution in [0.2, 0.25) is 0 Å². The molecule has 1 aromatic carbocycles. The third-order valence-electron chi connectivity index (χ3n) is 3.76. The van der Waals surface area contributed by atoms with E-state index in [2.05, 4.69) is 5.16 Å². The molecular weight excluding hydrogens is 247 g/mol. The quantitative estimate of drug-likeness (QED) is 0.866. The Balaban J connectivity index is 1.98. The molecule has 0 saturated carbocycles. The Morgan fingerprint density at radius 3 is 3.05 bits per heavy atom. The van der Waals surface area contributed by atoms with E-state index in [1.165, 1.54) is 0 Å².